The van der Waals surface area contributed by atoms with Crippen LogP contribution in [-0.4, -0.2) is 36.8 Å². The molecule has 1 N–H and O–H groups in total. The second-order valence-electron chi connectivity index (χ2n) is 4.15. The molecule has 1 aromatic carbocycles. The molecule has 0 amide bonds. The van der Waals surface area contributed by atoms with Crippen LogP contribution in [0.1, 0.15) is 29.3 Å². The summed E-state index contributed by atoms with van der Waals surface area (Å²) in [6.07, 6.45) is 0.581. The van der Waals surface area contributed by atoms with Crippen molar-refractivity contribution in [3.8, 4) is 0 Å². The predicted octanol–water partition coefficient (Wildman–Crippen LogP) is 2.61. The summed E-state index contributed by atoms with van der Waals surface area (Å²) in [4.78, 5) is 11.0. The van der Waals surface area contributed by atoms with E-state index in [4.69, 9.17) is 5.11 Å². The van der Waals surface area contributed by atoms with Crippen LogP contribution in [0, 0.1) is 6.92 Å². The number of carboxylic acids is 1. The number of sulfone groups is 1. The smallest absolute Gasteiger partial charge is 0.335 e. The first-order valence-electron chi connectivity index (χ1n) is 6.03. The molecule has 0 saturated heterocycles. The van der Waals surface area contributed by atoms with Crippen LogP contribution in [0.5, 0.6) is 0 Å². The van der Waals surface area contributed by atoms with Gasteiger partial charge in [0.1, 0.15) is 0 Å². The average Bonchev–Trinajstić information content (AvgIpc) is 2.34. The molecule has 6 heteroatoms. The first kappa shape index (κ1) is 16.0. The van der Waals surface area contributed by atoms with Gasteiger partial charge in [0.15, 0.2) is 9.84 Å². The van der Waals surface area contributed by atoms with Crippen molar-refractivity contribution in [3.05, 3.63) is 29.3 Å². The molecule has 0 aliphatic heterocycles. The van der Waals surface area contributed by atoms with Gasteiger partial charge in [-0.25, -0.2) is 13.2 Å². The van der Waals surface area contributed by atoms with Gasteiger partial charge < -0.3 is 5.11 Å². The summed E-state index contributed by atoms with van der Waals surface area (Å²) in [7, 11) is -3.40. The van der Waals surface area contributed by atoms with Crippen LogP contribution in [0.25, 0.3) is 0 Å². The van der Waals surface area contributed by atoms with Gasteiger partial charge >= 0.3 is 5.97 Å². The summed E-state index contributed by atoms with van der Waals surface area (Å²) in [6.45, 7) is 3.71. The van der Waals surface area contributed by atoms with Gasteiger partial charge in [0.05, 0.1) is 16.2 Å². The normalized spacial score (nSPS) is 11.5. The number of aryl methyl sites for hydroxylation is 1. The van der Waals surface area contributed by atoms with E-state index in [9.17, 15) is 13.2 Å². The molecule has 0 radical (unpaired) electrons. The minimum atomic E-state index is -3.40. The molecule has 0 aromatic heterocycles. The fourth-order valence-corrected chi connectivity index (χ4v) is 4.10. The Kier molecular flexibility index (Phi) is 5.87. The molecule has 4 nitrogen and oxygen atoms in total. The fourth-order valence-electron chi connectivity index (χ4n) is 1.67. The monoisotopic (exact) mass is 302 g/mol. The van der Waals surface area contributed by atoms with Gasteiger partial charge in [-0.3, -0.25) is 0 Å². The second-order valence-corrected chi connectivity index (χ2v) is 7.63. The summed E-state index contributed by atoms with van der Waals surface area (Å²) in [6, 6.07) is 4.21. The number of carboxylic acid groups (broad SMARTS) is 1. The van der Waals surface area contributed by atoms with E-state index in [-0.39, 0.29) is 16.2 Å². The number of aromatic carboxylic acids is 1. The first-order chi connectivity index (χ1) is 8.88. The average molecular weight is 302 g/mol. The predicted molar refractivity (Wildman–Crippen MR) is 77.8 cm³/mol. The summed E-state index contributed by atoms with van der Waals surface area (Å²) in [5.41, 5.74) is 0.597. The number of carbonyl (C=O) groups is 1. The van der Waals surface area contributed by atoms with Gasteiger partial charge in [-0.1, -0.05) is 13.0 Å². The molecule has 0 saturated carbocycles. The van der Waals surface area contributed by atoms with Crippen LogP contribution < -0.4 is 0 Å². The van der Waals surface area contributed by atoms with Crippen molar-refractivity contribution < 1.29 is 18.3 Å². The molecular weight excluding hydrogens is 284 g/mol. The molecule has 0 aliphatic carbocycles. The van der Waals surface area contributed by atoms with Crippen molar-refractivity contribution in [1.29, 1.82) is 0 Å². The van der Waals surface area contributed by atoms with Crippen molar-refractivity contribution in [2.45, 2.75) is 25.2 Å². The minimum absolute atomic E-state index is 0.00658. The van der Waals surface area contributed by atoms with E-state index in [2.05, 4.69) is 0 Å². The SMILES string of the molecule is CCSCCCS(=O)(=O)c1cc(C(=O)O)ccc1C. The lowest BCUT2D eigenvalue weighted by Gasteiger charge is -2.08. The molecule has 0 unspecified atom stereocenters. The molecule has 0 spiro atoms. The van der Waals surface area contributed by atoms with Gasteiger partial charge in [0, 0.05) is 0 Å². The van der Waals surface area contributed by atoms with E-state index in [1.54, 1.807) is 18.7 Å². The van der Waals surface area contributed by atoms with Crippen LogP contribution in [-0.2, 0) is 9.84 Å². The summed E-state index contributed by atoms with van der Waals surface area (Å²) < 4.78 is 24.4. The first-order valence-corrected chi connectivity index (χ1v) is 8.83. The van der Waals surface area contributed by atoms with E-state index in [1.807, 2.05) is 6.92 Å². The molecule has 19 heavy (non-hydrogen) atoms. The minimum Gasteiger partial charge on any atom is -0.478 e. The zero-order valence-electron chi connectivity index (χ0n) is 11.0. The standard InChI is InChI=1S/C13H18O4S2/c1-3-18-7-4-8-19(16,17)12-9-11(13(14)15)6-5-10(12)2/h5-6,9H,3-4,7-8H2,1-2H3,(H,14,15). The Morgan fingerprint density at radius 2 is 2.05 bits per heavy atom. The largest absolute Gasteiger partial charge is 0.478 e. The number of thioether (sulfide) groups is 1. The topological polar surface area (TPSA) is 71.4 Å². The highest BCUT2D eigenvalue weighted by Crippen LogP contribution is 2.20. The Hall–Kier alpha value is -1.01. The summed E-state index contributed by atoms with van der Waals surface area (Å²) >= 11 is 1.70. The van der Waals surface area contributed by atoms with Crippen LogP contribution in [0.4, 0.5) is 0 Å². The van der Waals surface area contributed by atoms with Crippen molar-refractivity contribution in [3.63, 3.8) is 0 Å². The van der Waals surface area contributed by atoms with Crippen molar-refractivity contribution in [2.75, 3.05) is 17.3 Å². The Bertz CT molecular complexity index is 550. The van der Waals surface area contributed by atoms with Crippen molar-refractivity contribution in [1.82, 2.24) is 0 Å². The summed E-state index contributed by atoms with van der Waals surface area (Å²) in [5.74, 6) is 0.711. The molecule has 1 aromatic rings. The van der Waals surface area contributed by atoms with Gasteiger partial charge in [0.2, 0.25) is 0 Å². The molecule has 0 aliphatic rings. The maximum absolute atomic E-state index is 12.2. The highest BCUT2D eigenvalue weighted by atomic mass is 32.2. The Labute approximate surface area is 118 Å². The Balaban J connectivity index is 2.94. The third-order valence-corrected chi connectivity index (χ3v) is 5.60. The molecule has 106 valence electrons. The number of benzene rings is 1. The van der Waals surface area contributed by atoms with E-state index in [0.29, 0.717) is 12.0 Å². The zero-order chi connectivity index (χ0) is 14.5. The van der Waals surface area contributed by atoms with E-state index in [1.165, 1.54) is 18.2 Å². The quantitative estimate of drug-likeness (QED) is 0.784. The van der Waals surface area contributed by atoms with Crippen LogP contribution in [0.15, 0.2) is 23.1 Å². The van der Waals surface area contributed by atoms with Crippen molar-refractivity contribution in [2.24, 2.45) is 0 Å². The van der Waals surface area contributed by atoms with Gasteiger partial charge in [-0.15, -0.1) is 0 Å². The van der Waals surface area contributed by atoms with Crippen LogP contribution >= 0.6 is 11.8 Å². The zero-order valence-corrected chi connectivity index (χ0v) is 12.7. The number of hydrogen-bond donors (Lipinski definition) is 1. The molecule has 0 heterocycles. The van der Waals surface area contributed by atoms with E-state index >= 15 is 0 Å². The van der Waals surface area contributed by atoms with Crippen LogP contribution in [0.3, 0.4) is 0 Å². The lowest BCUT2D eigenvalue weighted by atomic mass is 10.1. The van der Waals surface area contributed by atoms with Crippen molar-refractivity contribution >= 4 is 27.6 Å². The number of hydrogen-bond acceptors (Lipinski definition) is 4. The molecule has 0 bridgehead atoms. The number of rotatable bonds is 7. The third kappa shape index (κ3) is 4.54. The van der Waals surface area contributed by atoms with Gasteiger partial charge in [0.25, 0.3) is 0 Å². The summed E-state index contributed by atoms with van der Waals surface area (Å²) in [5, 5.41) is 8.91. The highest BCUT2D eigenvalue weighted by Gasteiger charge is 2.18. The van der Waals surface area contributed by atoms with E-state index in [0.717, 1.165) is 11.5 Å². The molecule has 0 atom stereocenters. The maximum Gasteiger partial charge on any atom is 0.335 e. The van der Waals surface area contributed by atoms with Gasteiger partial charge in [-0.2, -0.15) is 11.8 Å². The maximum atomic E-state index is 12.2. The van der Waals surface area contributed by atoms with Gasteiger partial charge in [-0.05, 0) is 42.5 Å². The van der Waals surface area contributed by atoms with Crippen LogP contribution in [0.2, 0.25) is 0 Å². The Morgan fingerprint density at radius 3 is 2.63 bits per heavy atom. The highest BCUT2D eigenvalue weighted by molar-refractivity contribution is 7.99. The molecular formula is C13H18O4S2. The third-order valence-electron chi connectivity index (χ3n) is 2.68. The Morgan fingerprint density at radius 1 is 1.37 bits per heavy atom. The second kappa shape index (κ2) is 6.96. The lowest BCUT2D eigenvalue weighted by Crippen LogP contribution is -2.11. The lowest BCUT2D eigenvalue weighted by molar-refractivity contribution is 0.0696. The molecule has 0 fully saturated rings. The fraction of sp³-hybridized carbons (Fsp3) is 0.462. The molecule has 1 rings (SSSR count). The van der Waals surface area contributed by atoms with E-state index < -0.39 is 15.8 Å².